The molecule has 0 atom stereocenters. The molecule has 0 fully saturated rings. The molecule has 4 aromatic rings. The molecule has 33 heavy (non-hydrogen) atoms. The van der Waals surface area contributed by atoms with Crippen LogP contribution >= 0.6 is 11.6 Å². The molecule has 0 aliphatic rings. The van der Waals surface area contributed by atoms with Gasteiger partial charge < -0.3 is 14.8 Å². The average Bonchev–Trinajstić information content (AvgIpc) is 3.16. The van der Waals surface area contributed by atoms with E-state index in [0.29, 0.717) is 23.6 Å². The highest BCUT2D eigenvalue weighted by molar-refractivity contribution is 6.33. The molecule has 0 saturated heterocycles. The number of rotatable bonds is 8. The molecule has 6 nitrogen and oxygen atoms in total. The van der Waals surface area contributed by atoms with Gasteiger partial charge in [0, 0.05) is 11.8 Å². The van der Waals surface area contributed by atoms with Crippen LogP contribution in [0.5, 0.6) is 11.5 Å². The van der Waals surface area contributed by atoms with Crippen molar-refractivity contribution in [3.63, 3.8) is 0 Å². The van der Waals surface area contributed by atoms with Crippen LogP contribution in [0.25, 0.3) is 0 Å². The molecule has 0 saturated carbocycles. The van der Waals surface area contributed by atoms with Crippen molar-refractivity contribution >= 4 is 23.3 Å². The Labute approximate surface area is 195 Å². The van der Waals surface area contributed by atoms with Crippen molar-refractivity contribution in [2.75, 3.05) is 12.4 Å². The summed E-state index contributed by atoms with van der Waals surface area (Å²) >= 11 is 6.25. The van der Waals surface area contributed by atoms with E-state index < -0.39 is 0 Å². The van der Waals surface area contributed by atoms with Gasteiger partial charge in [0.15, 0.2) is 17.3 Å². The molecule has 0 radical (unpaired) electrons. The van der Waals surface area contributed by atoms with Crippen LogP contribution in [0, 0.1) is 5.82 Å². The molecule has 1 N–H and O–H groups in total. The maximum atomic E-state index is 13.4. The third-order valence-corrected chi connectivity index (χ3v) is 5.11. The van der Waals surface area contributed by atoms with Gasteiger partial charge in [0.1, 0.15) is 17.4 Å². The van der Waals surface area contributed by atoms with Gasteiger partial charge in [-0.15, -0.1) is 0 Å². The summed E-state index contributed by atoms with van der Waals surface area (Å²) in [5.41, 5.74) is 1.98. The lowest BCUT2D eigenvalue weighted by Crippen LogP contribution is -2.13. The number of carbonyl (C=O) groups is 1. The number of anilines is 1. The van der Waals surface area contributed by atoms with Gasteiger partial charge in [0.25, 0.3) is 5.91 Å². The Kier molecular flexibility index (Phi) is 6.90. The second kappa shape index (κ2) is 10.2. The summed E-state index contributed by atoms with van der Waals surface area (Å²) in [4.78, 5) is 12.8. The summed E-state index contributed by atoms with van der Waals surface area (Å²) < 4.78 is 26.1. The predicted molar refractivity (Wildman–Crippen MR) is 124 cm³/mol. The van der Waals surface area contributed by atoms with E-state index in [1.54, 1.807) is 48.3 Å². The number of halogens is 2. The smallest absolute Gasteiger partial charge is 0.256 e. The Bertz CT molecular complexity index is 1280. The molecule has 1 amide bonds. The zero-order valence-corrected chi connectivity index (χ0v) is 18.6. The Morgan fingerprint density at radius 2 is 1.79 bits per heavy atom. The third-order valence-electron chi connectivity index (χ3n) is 4.84. The van der Waals surface area contributed by atoms with Gasteiger partial charge >= 0.3 is 0 Å². The molecular weight excluding hydrogens is 445 g/mol. The van der Waals surface area contributed by atoms with E-state index in [9.17, 15) is 9.18 Å². The molecule has 4 rings (SSSR count). The minimum atomic E-state index is -0.355. The summed E-state index contributed by atoms with van der Waals surface area (Å²) in [6, 6.07) is 20.6. The number of carbonyl (C=O) groups excluding carboxylic acids is 1. The van der Waals surface area contributed by atoms with Crippen molar-refractivity contribution in [1.29, 1.82) is 0 Å². The van der Waals surface area contributed by atoms with Crippen LogP contribution in [-0.2, 0) is 13.2 Å². The summed E-state index contributed by atoms with van der Waals surface area (Å²) in [6.07, 6.45) is 1.58. The first kappa shape index (κ1) is 22.4. The monoisotopic (exact) mass is 465 g/mol. The van der Waals surface area contributed by atoms with Crippen LogP contribution in [-0.4, -0.2) is 22.8 Å². The first-order valence-corrected chi connectivity index (χ1v) is 10.5. The van der Waals surface area contributed by atoms with Crippen LogP contribution in [0.4, 0.5) is 10.2 Å². The Balaban J connectivity index is 1.42. The van der Waals surface area contributed by atoms with Crippen molar-refractivity contribution < 1.29 is 18.7 Å². The largest absolute Gasteiger partial charge is 0.493 e. The van der Waals surface area contributed by atoms with Crippen molar-refractivity contribution in [2.24, 2.45) is 0 Å². The summed E-state index contributed by atoms with van der Waals surface area (Å²) in [6.45, 7) is 0.591. The highest BCUT2D eigenvalue weighted by Crippen LogP contribution is 2.27. The second-order valence-electron chi connectivity index (χ2n) is 7.25. The highest BCUT2D eigenvalue weighted by Gasteiger charge is 2.14. The Morgan fingerprint density at radius 1 is 1.03 bits per heavy atom. The number of nitrogens with one attached hydrogen (secondary N) is 1. The van der Waals surface area contributed by atoms with Crippen molar-refractivity contribution in [3.8, 4) is 11.5 Å². The van der Waals surface area contributed by atoms with Gasteiger partial charge in [-0.2, -0.15) is 5.10 Å². The van der Waals surface area contributed by atoms with Crippen LogP contribution in [0.3, 0.4) is 0 Å². The fourth-order valence-electron chi connectivity index (χ4n) is 3.27. The van der Waals surface area contributed by atoms with Crippen molar-refractivity contribution in [2.45, 2.75) is 13.2 Å². The standard InChI is InChI=1S/C25H21ClFN3O3/c1-32-22-10-2-3-11-23(22)33-16-18-7-4-8-19(12-18)25(31)28-24-21(26)15-30(29-24)14-17-6-5-9-20(27)13-17/h2-13,15H,14,16H2,1H3,(H,28,29,31). The fourth-order valence-corrected chi connectivity index (χ4v) is 3.46. The van der Waals surface area contributed by atoms with Gasteiger partial charge in [-0.05, 0) is 47.5 Å². The third kappa shape index (κ3) is 5.70. The number of hydrogen-bond acceptors (Lipinski definition) is 4. The number of amides is 1. The van der Waals surface area contributed by atoms with E-state index in [4.69, 9.17) is 21.1 Å². The molecule has 3 aromatic carbocycles. The Hall–Kier alpha value is -3.84. The van der Waals surface area contributed by atoms with E-state index in [0.717, 1.165) is 11.1 Å². The molecule has 0 unspecified atom stereocenters. The summed E-state index contributed by atoms with van der Waals surface area (Å²) in [5, 5.41) is 7.32. The quantitative estimate of drug-likeness (QED) is 0.370. The molecule has 0 aliphatic carbocycles. The lowest BCUT2D eigenvalue weighted by Gasteiger charge is -2.11. The maximum absolute atomic E-state index is 13.4. The topological polar surface area (TPSA) is 65.4 Å². The van der Waals surface area contributed by atoms with Crippen LogP contribution in [0.15, 0.2) is 79.0 Å². The van der Waals surface area contributed by atoms with Gasteiger partial charge in [0.2, 0.25) is 0 Å². The van der Waals surface area contributed by atoms with Crippen molar-refractivity contribution in [1.82, 2.24) is 9.78 Å². The number of para-hydroxylation sites is 2. The maximum Gasteiger partial charge on any atom is 0.256 e. The molecule has 168 valence electrons. The molecular formula is C25H21ClFN3O3. The van der Waals surface area contributed by atoms with Crippen LogP contribution < -0.4 is 14.8 Å². The van der Waals surface area contributed by atoms with Crippen LogP contribution in [0.1, 0.15) is 21.5 Å². The van der Waals surface area contributed by atoms with E-state index in [2.05, 4.69) is 10.4 Å². The zero-order valence-electron chi connectivity index (χ0n) is 17.8. The SMILES string of the molecule is COc1ccccc1OCc1cccc(C(=O)Nc2nn(Cc3cccc(F)c3)cc2Cl)c1. The second-order valence-corrected chi connectivity index (χ2v) is 7.65. The van der Waals surface area contributed by atoms with Crippen molar-refractivity contribution in [3.05, 3.63) is 107 Å². The molecule has 8 heteroatoms. The van der Waals surface area contributed by atoms with Crippen LogP contribution in [0.2, 0.25) is 5.02 Å². The fraction of sp³-hybridized carbons (Fsp3) is 0.120. The summed E-state index contributed by atoms with van der Waals surface area (Å²) in [5.74, 6) is 0.801. The first-order valence-electron chi connectivity index (χ1n) is 10.2. The molecule has 0 spiro atoms. The number of aromatic nitrogens is 2. The van der Waals surface area contributed by atoms with E-state index in [-0.39, 0.29) is 29.2 Å². The first-order chi connectivity index (χ1) is 16.0. The zero-order chi connectivity index (χ0) is 23.2. The minimum Gasteiger partial charge on any atom is -0.493 e. The van der Waals surface area contributed by atoms with Gasteiger partial charge in [-0.1, -0.05) is 48.0 Å². The predicted octanol–water partition coefficient (Wildman–Crippen LogP) is 5.56. The van der Waals surface area contributed by atoms with Gasteiger partial charge in [0.05, 0.1) is 13.7 Å². The molecule has 1 aromatic heterocycles. The number of nitrogens with zero attached hydrogens (tertiary/aromatic N) is 2. The average molecular weight is 466 g/mol. The normalized spacial score (nSPS) is 10.6. The Morgan fingerprint density at radius 3 is 2.58 bits per heavy atom. The molecule has 0 aliphatic heterocycles. The summed E-state index contributed by atoms with van der Waals surface area (Å²) in [7, 11) is 1.58. The van der Waals surface area contributed by atoms with E-state index >= 15 is 0 Å². The number of ether oxygens (including phenoxy) is 2. The lowest BCUT2D eigenvalue weighted by molar-refractivity contribution is 0.102. The van der Waals surface area contributed by atoms with Gasteiger partial charge in [-0.3, -0.25) is 9.48 Å². The van der Waals surface area contributed by atoms with E-state index in [1.807, 2.05) is 30.3 Å². The molecule has 0 bridgehead atoms. The van der Waals surface area contributed by atoms with E-state index in [1.165, 1.54) is 12.1 Å². The molecule has 1 heterocycles. The number of benzene rings is 3. The van der Waals surface area contributed by atoms with Gasteiger partial charge in [-0.25, -0.2) is 4.39 Å². The number of methoxy groups -OCH3 is 1. The minimum absolute atomic E-state index is 0.230. The highest BCUT2D eigenvalue weighted by atomic mass is 35.5. The number of hydrogen-bond donors (Lipinski definition) is 1. The lowest BCUT2D eigenvalue weighted by atomic mass is 10.1.